The summed E-state index contributed by atoms with van der Waals surface area (Å²) in [6.07, 6.45) is -33.5. The fraction of sp³-hybridized carbons (Fsp3) is 0.909. The molecule has 0 unspecified atom stereocenters. The van der Waals surface area contributed by atoms with Gasteiger partial charge in [0.05, 0.1) is 38.1 Å². The Hall–Kier alpha value is -2.43. The molecular weight excluding hydrogens is 824 g/mol. The maximum atomic E-state index is 12.6. The minimum Gasteiger partial charge on any atom is -0.477 e. The normalized spacial score (nSPS) is 43.5. The van der Waals surface area contributed by atoms with Crippen molar-refractivity contribution in [3.63, 3.8) is 0 Å². The lowest BCUT2D eigenvalue weighted by Gasteiger charge is -2.48. The zero-order chi connectivity index (χ0) is 44.8. The molecule has 0 aliphatic carbocycles. The summed E-state index contributed by atoms with van der Waals surface area (Å²) >= 11 is 0. The Kier molecular flexibility index (Phi) is 18.2. The van der Waals surface area contributed by atoms with E-state index in [9.17, 15) is 75.7 Å². The molecule has 0 bridgehead atoms. The summed E-state index contributed by atoms with van der Waals surface area (Å²) in [4.78, 5) is 58.2. The van der Waals surface area contributed by atoms with Crippen molar-refractivity contribution in [2.45, 2.75) is 162 Å². The number of carboxylic acid groups (broad SMARTS) is 1. The smallest absolute Gasteiger partial charge is 0.367 e. The number of carbonyl (C=O) groups excluding carboxylic acids is 2. The molecule has 348 valence electrons. The molecule has 27 nitrogen and oxygen atoms in total. The van der Waals surface area contributed by atoms with Crippen LogP contribution in [0.4, 0.5) is 0 Å². The number of carbonyl (C=O) groups is 3. The quantitative estimate of drug-likeness (QED) is 0.0449. The molecular formula is C33H56N2O25. The third kappa shape index (κ3) is 11.2. The number of rotatable bonds is 18. The van der Waals surface area contributed by atoms with E-state index in [-0.39, 0.29) is 6.61 Å². The Balaban J connectivity index is 1.61. The molecule has 0 aromatic heterocycles. The Labute approximate surface area is 341 Å². The maximum absolute atomic E-state index is 12.6. The lowest BCUT2D eigenvalue weighted by molar-refractivity contribution is -0.501. The molecule has 21 atom stereocenters. The van der Waals surface area contributed by atoms with Gasteiger partial charge in [-0.05, 0) is 13.8 Å². The number of aliphatic carboxylic acids is 1. The summed E-state index contributed by atoms with van der Waals surface area (Å²) in [5.41, 5.74) is 0. The fourth-order valence-corrected chi connectivity index (χ4v) is 7.01. The molecule has 4 saturated heterocycles. The van der Waals surface area contributed by atoms with E-state index >= 15 is 0 Å². The first-order valence-electron chi connectivity index (χ1n) is 18.9. The summed E-state index contributed by atoms with van der Waals surface area (Å²) in [5, 5.41) is 130. The van der Waals surface area contributed by atoms with Gasteiger partial charge >= 0.3 is 11.8 Å². The van der Waals surface area contributed by atoms with Gasteiger partial charge < -0.3 is 100 Å². The van der Waals surface area contributed by atoms with Gasteiger partial charge in [-0.2, -0.15) is 4.89 Å². The summed E-state index contributed by atoms with van der Waals surface area (Å²) < 4.78 is 34.0. The number of aliphatic hydroxyl groups excluding tert-OH is 11. The Bertz CT molecular complexity index is 1400. The molecule has 4 heterocycles. The van der Waals surface area contributed by atoms with E-state index in [1.54, 1.807) is 6.92 Å². The highest BCUT2D eigenvalue weighted by Gasteiger charge is 2.59. The molecule has 4 aliphatic heterocycles. The summed E-state index contributed by atoms with van der Waals surface area (Å²) in [5.74, 6) is -6.57. The van der Waals surface area contributed by atoms with E-state index in [1.165, 1.54) is 6.92 Å². The lowest BCUT2D eigenvalue weighted by atomic mass is 9.88. The Morgan fingerprint density at radius 2 is 1.35 bits per heavy atom. The van der Waals surface area contributed by atoms with Gasteiger partial charge in [0, 0.05) is 26.9 Å². The number of amides is 2. The second-order valence-corrected chi connectivity index (χ2v) is 14.6. The van der Waals surface area contributed by atoms with E-state index < -0.39 is 172 Å². The van der Waals surface area contributed by atoms with Crippen molar-refractivity contribution in [2.75, 3.05) is 26.4 Å². The minimum absolute atomic E-state index is 0.00345. The highest BCUT2D eigenvalue weighted by molar-refractivity contribution is 5.76. The Morgan fingerprint density at radius 3 is 1.92 bits per heavy atom. The highest BCUT2D eigenvalue weighted by Crippen LogP contribution is 2.37. The van der Waals surface area contributed by atoms with Crippen LogP contribution in [0, 0.1) is 0 Å². The van der Waals surface area contributed by atoms with Crippen molar-refractivity contribution in [3.05, 3.63) is 0 Å². The molecule has 4 aliphatic rings. The molecule has 60 heavy (non-hydrogen) atoms. The van der Waals surface area contributed by atoms with Crippen LogP contribution in [0.15, 0.2) is 0 Å². The van der Waals surface area contributed by atoms with Crippen LogP contribution in [0.25, 0.3) is 0 Å². The summed E-state index contributed by atoms with van der Waals surface area (Å²) in [7, 11) is 0. The van der Waals surface area contributed by atoms with Crippen molar-refractivity contribution >= 4 is 17.8 Å². The molecule has 0 aromatic rings. The molecule has 0 spiro atoms. The molecule has 0 saturated carbocycles. The lowest BCUT2D eigenvalue weighted by Crippen LogP contribution is -2.69. The first-order valence-corrected chi connectivity index (χ1v) is 18.9. The Morgan fingerprint density at radius 1 is 0.733 bits per heavy atom. The van der Waals surface area contributed by atoms with Crippen LogP contribution in [0.1, 0.15) is 34.1 Å². The van der Waals surface area contributed by atoms with Gasteiger partial charge in [-0.15, -0.1) is 0 Å². The molecule has 0 radical (unpaired) electrons. The highest BCUT2D eigenvalue weighted by atomic mass is 17.2. The van der Waals surface area contributed by atoms with Crippen LogP contribution in [0.5, 0.6) is 0 Å². The van der Waals surface area contributed by atoms with Gasteiger partial charge in [0.25, 0.3) is 0 Å². The van der Waals surface area contributed by atoms with Crippen LogP contribution in [-0.4, -0.2) is 234 Å². The molecule has 14 N–H and O–H groups in total. The van der Waals surface area contributed by atoms with E-state index in [1.807, 2.05) is 0 Å². The minimum atomic E-state index is -3.12. The fourth-order valence-electron chi connectivity index (χ4n) is 7.01. The van der Waals surface area contributed by atoms with E-state index in [0.717, 1.165) is 13.8 Å². The number of aliphatic hydroxyl groups is 11. The van der Waals surface area contributed by atoms with Crippen LogP contribution in [0.3, 0.4) is 0 Å². The number of hydrogen-bond donors (Lipinski definition) is 14. The zero-order valence-corrected chi connectivity index (χ0v) is 32.8. The van der Waals surface area contributed by atoms with Crippen molar-refractivity contribution in [1.82, 2.24) is 10.6 Å². The van der Waals surface area contributed by atoms with Gasteiger partial charge in [0.1, 0.15) is 79.3 Å². The van der Waals surface area contributed by atoms with Crippen molar-refractivity contribution in [3.8, 4) is 0 Å². The van der Waals surface area contributed by atoms with Crippen LogP contribution in [-0.2, 0) is 62.4 Å². The van der Waals surface area contributed by atoms with Gasteiger partial charge in [0.15, 0.2) is 18.7 Å². The SMILES string of the molecule is CCO[C@@H]1O[C@H](CO)[C@@H](OO[C@@H]2O[C@H](CO)[C@H](O)[C@H](OO[C@]3(C(=O)O)C[C@H](O)[C@@H](NC(C)=O)[C@H]([C@@H](O)[C@H](O)CO)O3)[C@H]2O)[C@H](O[C@@H]2O[C@@H](C)[C@@H](O)[C@@H](O)[C@@H]2O)[C@H]1NC(C)=O. The maximum Gasteiger partial charge on any atom is 0.367 e. The van der Waals surface area contributed by atoms with Gasteiger partial charge in [-0.1, -0.05) is 0 Å². The molecule has 27 heteroatoms. The van der Waals surface area contributed by atoms with E-state index in [0.29, 0.717) is 0 Å². The predicted molar refractivity (Wildman–Crippen MR) is 184 cm³/mol. The number of ether oxygens (including phenoxy) is 6. The molecule has 0 aromatic carbocycles. The second kappa shape index (κ2) is 21.8. The number of nitrogens with one attached hydrogen (secondary N) is 2. The van der Waals surface area contributed by atoms with E-state index in [4.69, 9.17) is 48.0 Å². The molecule has 4 rings (SSSR count). The number of hydrogen-bond acceptors (Lipinski definition) is 24. The molecule has 4 fully saturated rings. The topological polar surface area (TPSA) is 410 Å². The van der Waals surface area contributed by atoms with Gasteiger partial charge in [-0.3, -0.25) is 9.59 Å². The van der Waals surface area contributed by atoms with Crippen molar-refractivity contribution in [1.29, 1.82) is 0 Å². The largest absolute Gasteiger partial charge is 0.477 e. The van der Waals surface area contributed by atoms with Crippen molar-refractivity contribution in [2.24, 2.45) is 0 Å². The van der Waals surface area contributed by atoms with Crippen LogP contribution >= 0.6 is 0 Å². The molecule has 2 amide bonds. The first-order chi connectivity index (χ1) is 28.2. The first kappa shape index (κ1) is 50.2. The monoisotopic (exact) mass is 880 g/mol. The third-order valence-electron chi connectivity index (χ3n) is 10.2. The van der Waals surface area contributed by atoms with Gasteiger partial charge in [-0.25, -0.2) is 19.5 Å². The third-order valence-corrected chi connectivity index (χ3v) is 10.2. The predicted octanol–water partition coefficient (Wildman–Crippen LogP) is -8.32. The van der Waals surface area contributed by atoms with Crippen LogP contribution < -0.4 is 10.6 Å². The van der Waals surface area contributed by atoms with Crippen molar-refractivity contribution < 1.29 is 124 Å². The van der Waals surface area contributed by atoms with Gasteiger partial charge in [0.2, 0.25) is 18.1 Å². The summed E-state index contributed by atoms with van der Waals surface area (Å²) in [6.45, 7) is 2.15. The summed E-state index contributed by atoms with van der Waals surface area (Å²) in [6, 6.07) is -2.93. The average Bonchev–Trinajstić information content (AvgIpc) is 3.20. The average molecular weight is 881 g/mol. The zero-order valence-electron chi connectivity index (χ0n) is 32.8. The van der Waals surface area contributed by atoms with Crippen LogP contribution in [0.2, 0.25) is 0 Å². The second-order valence-electron chi connectivity index (χ2n) is 14.6. The van der Waals surface area contributed by atoms with E-state index in [2.05, 4.69) is 10.6 Å². The standard InChI is InChI=1S/C33H56N2O25/c1-5-51-29-18(35-12(4)40)27(55-30-23(47)22(46)19(43)10(2)52-30)25(16(9-38)54-29)57-59-31-24(48)28(21(45)15(8-37)53-31)58-60-33(32(49)50)6-13(41)17(34-11(3)39)26(56-33)20(44)14(42)7-36/h10,13-31,36-38,41-48H,5-9H2,1-4H3,(H,34,39)(H,35,40)(H,49,50)/t10-,13-,14+,15+,16+,17+,18+,19+,20-,21-,22+,23-,24+,25+,26+,27+,28-,29+,30-,31-,33-/m0/s1. The number of carboxylic acids is 1.